The van der Waals surface area contributed by atoms with Crippen LogP contribution < -0.4 is 5.46 Å². The molecule has 0 spiro atoms. The highest BCUT2D eigenvalue weighted by molar-refractivity contribution is 6.33. The maximum absolute atomic E-state index is 12.7. The summed E-state index contributed by atoms with van der Waals surface area (Å²) in [5, 5.41) is 0. The Bertz CT molecular complexity index is 312. The van der Waals surface area contributed by atoms with Crippen LogP contribution in [0.2, 0.25) is 0 Å². The van der Waals surface area contributed by atoms with Crippen LogP contribution in [0.4, 0.5) is 4.39 Å². The normalized spacial score (nSPS) is 9.33. The van der Waals surface area contributed by atoms with E-state index in [1.165, 1.54) is 12.1 Å². The van der Waals surface area contributed by atoms with Crippen LogP contribution in [0.5, 0.6) is 0 Å². The Balaban J connectivity index is 2.84. The van der Waals surface area contributed by atoms with Crippen LogP contribution in [-0.2, 0) is 6.42 Å². The van der Waals surface area contributed by atoms with E-state index in [4.69, 9.17) is 14.3 Å². The summed E-state index contributed by atoms with van der Waals surface area (Å²) < 4.78 is 12.7. The topological polar surface area (TPSA) is 0 Å². The predicted octanol–water partition coefficient (Wildman–Crippen LogP) is 1.19. The molecule has 2 heteroatoms. The first kappa shape index (κ1) is 8.87. The van der Waals surface area contributed by atoms with Gasteiger partial charge in [0.05, 0.1) is 0 Å². The fourth-order valence-corrected chi connectivity index (χ4v) is 0.998. The first-order valence-corrected chi connectivity index (χ1v) is 3.71. The van der Waals surface area contributed by atoms with Crippen LogP contribution >= 0.6 is 0 Å². The fourth-order valence-electron chi connectivity index (χ4n) is 0.998. The zero-order chi connectivity index (χ0) is 8.97. The van der Waals surface area contributed by atoms with Gasteiger partial charge in [0, 0.05) is 6.42 Å². The van der Waals surface area contributed by atoms with Gasteiger partial charge in [0.15, 0.2) is 0 Å². The predicted molar refractivity (Wildman–Crippen MR) is 48.9 cm³/mol. The van der Waals surface area contributed by atoms with Gasteiger partial charge in [0.2, 0.25) is 0 Å². The van der Waals surface area contributed by atoms with Gasteiger partial charge in [0.1, 0.15) is 13.7 Å². The van der Waals surface area contributed by atoms with Gasteiger partial charge in [0.25, 0.3) is 0 Å². The monoisotopic (exact) mass is 158 g/mol. The van der Waals surface area contributed by atoms with Gasteiger partial charge in [-0.3, -0.25) is 0 Å². The Morgan fingerprint density at radius 3 is 2.92 bits per heavy atom. The SMILES string of the molecule is [B]c1ccc(F)cc1CCC#C. The molecule has 0 N–H and O–H groups in total. The number of benzene rings is 1. The molecule has 1 rings (SSSR count). The van der Waals surface area contributed by atoms with Gasteiger partial charge in [-0.1, -0.05) is 17.1 Å². The Morgan fingerprint density at radius 2 is 2.25 bits per heavy atom. The van der Waals surface area contributed by atoms with Gasteiger partial charge in [-0.25, -0.2) is 4.39 Å². The number of hydrogen-bond donors (Lipinski definition) is 0. The van der Waals surface area contributed by atoms with Gasteiger partial charge in [-0.2, -0.15) is 0 Å². The summed E-state index contributed by atoms with van der Waals surface area (Å²) in [6.07, 6.45) is 6.31. The second kappa shape index (κ2) is 3.97. The van der Waals surface area contributed by atoms with Gasteiger partial charge >= 0.3 is 0 Å². The molecule has 0 aromatic heterocycles. The van der Waals surface area contributed by atoms with Gasteiger partial charge < -0.3 is 0 Å². The molecule has 12 heavy (non-hydrogen) atoms. The Labute approximate surface area is 73.2 Å². The van der Waals surface area contributed by atoms with Crippen molar-refractivity contribution in [3.05, 3.63) is 29.6 Å². The Hall–Kier alpha value is -1.23. The summed E-state index contributed by atoms with van der Waals surface area (Å²) in [4.78, 5) is 0. The quantitative estimate of drug-likeness (QED) is 0.447. The van der Waals surface area contributed by atoms with Crippen molar-refractivity contribution >= 4 is 13.3 Å². The molecule has 0 saturated carbocycles. The number of hydrogen-bond acceptors (Lipinski definition) is 0. The Kier molecular flexibility index (Phi) is 2.93. The Morgan fingerprint density at radius 1 is 1.50 bits per heavy atom. The van der Waals surface area contributed by atoms with Gasteiger partial charge in [-0.05, 0) is 18.6 Å². The lowest BCUT2D eigenvalue weighted by molar-refractivity contribution is 0.626. The van der Waals surface area contributed by atoms with Crippen LogP contribution in [0.1, 0.15) is 12.0 Å². The molecular formula is C10H8BF. The molecule has 0 unspecified atom stereocenters. The molecule has 1 aromatic carbocycles. The average molecular weight is 158 g/mol. The van der Waals surface area contributed by atoms with Crippen molar-refractivity contribution < 1.29 is 4.39 Å². The van der Waals surface area contributed by atoms with E-state index in [1.54, 1.807) is 6.07 Å². The standard InChI is InChI=1S/C10H8BF/c1-2-3-4-8-7-9(12)5-6-10(8)11/h1,5-7H,3-4H2. The molecule has 2 radical (unpaired) electrons. The van der Waals surface area contributed by atoms with E-state index >= 15 is 0 Å². The summed E-state index contributed by atoms with van der Waals surface area (Å²) in [5.74, 6) is 2.22. The summed E-state index contributed by atoms with van der Waals surface area (Å²) in [6.45, 7) is 0. The fraction of sp³-hybridized carbons (Fsp3) is 0.200. The van der Waals surface area contributed by atoms with Gasteiger partial charge in [-0.15, -0.1) is 12.3 Å². The molecule has 0 saturated heterocycles. The van der Waals surface area contributed by atoms with E-state index in [0.29, 0.717) is 18.3 Å². The molecule has 58 valence electrons. The molecule has 0 atom stereocenters. The molecule has 0 bridgehead atoms. The van der Waals surface area contributed by atoms with Crippen LogP contribution in [0, 0.1) is 18.2 Å². The van der Waals surface area contributed by atoms with E-state index < -0.39 is 0 Å². The lowest BCUT2D eigenvalue weighted by Crippen LogP contribution is -2.10. The van der Waals surface area contributed by atoms with E-state index in [0.717, 1.165) is 5.56 Å². The van der Waals surface area contributed by atoms with E-state index in [2.05, 4.69) is 5.92 Å². The molecule has 0 amide bonds. The third-order valence-electron chi connectivity index (χ3n) is 1.64. The third kappa shape index (κ3) is 2.13. The maximum atomic E-state index is 12.7. The molecule has 0 aliphatic rings. The van der Waals surface area contributed by atoms with Crippen molar-refractivity contribution in [1.29, 1.82) is 0 Å². The molecule has 1 aromatic rings. The summed E-state index contributed by atoms with van der Waals surface area (Å²) >= 11 is 0. The average Bonchev–Trinajstić information content (AvgIpc) is 2.07. The second-order valence-electron chi connectivity index (χ2n) is 2.55. The summed E-state index contributed by atoms with van der Waals surface area (Å²) in [7, 11) is 5.59. The van der Waals surface area contributed by atoms with Crippen molar-refractivity contribution in [3.8, 4) is 12.3 Å². The minimum atomic E-state index is -0.267. The summed E-state index contributed by atoms with van der Waals surface area (Å²) in [6, 6.07) is 4.32. The zero-order valence-electron chi connectivity index (χ0n) is 6.68. The number of rotatable bonds is 2. The minimum absolute atomic E-state index is 0.267. The van der Waals surface area contributed by atoms with Crippen molar-refractivity contribution in [1.82, 2.24) is 0 Å². The molecule has 0 aliphatic heterocycles. The minimum Gasteiger partial charge on any atom is -0.207 e. The first-order chi connectivity index (χ1) is 5.74. The highest BCUT2D eigenvalue weighted by atomic mass is 19.1. The lowest BCUT2D eigenvalue weighted by atomic mass is 9.88. The summed E-state index contributed by atoms with van der Waals surface area (Å²) in [5.41, 5.74) is 1.39. The smallest absolute Gasteiger partial charge is 0.123 e. The molecule has 0 fully saturated rings. The number of terminal acetylenes is 1. The molecule has 0 nitrogen and oxygen atoms in total. The van der Waals surface area contributed by atoms with Crippen LogP contribution in [0.15, 0.2) is 18.2 Å². The zero-order valence-corrected chi connectivity index (χ0v) is 6.68. The second-order valence-corrected chi connectivity index (χ2v) is 2.55. The third-order valence-corrected chi connectivity index (χ3v) is 1.64. The molecule has 0 heterocycles. The lowest BCUT2D eigenvalue weighted by Gasteiger charge is -2.02. The van der Waals surface area contributed by atoms with Crippen molar-refractivity contribution in [3.63, 3.8) is 0 Å². The van der Waals surface area contributed by atoms with Crippen LogP contribution in [0.3, 0.4) is 0 Å². The van der Waals surface area contributed by atoms with Crippen LogP contribution in [0.25, 0.3) is 0 Å². The number of aryl methyl sites for hydroxylation is 1. The van der Waals surface area contributed by atoms with E-state index in [1.807, 2.05) is 0 Å². The van der Waals surface area contributed by atoms with Crippen molar-refractivity contribution in [2.45, 2.75) is 12.8 Å². The largest absolute Gasteiger partial charge is 0.207 e. The first-order valence-electron chi connectivity index (χ1n) is 3.71. The van der Waals surface area contributed by atoms with E-state index in [-0.39, 0.29) is 5.82 Å². The van der Waals surface area contributed by atoms with Crippen molar-refractivity contribution in [2.75, 3.05) is 0 Å². The van der Waals surface area contributed by atoms with Crippen molar-refractivity contribution in [2.24, 2.45) is 0 Å². The molecular weight excluding hydrogens is 150 g/mol. The highest BCUT2D eigenvalue weighted by Gasteiger charge is 1.98. The molecule has 0 aliphatic carbocycles. The van der Waals surface area contributed by atoms with Crippen LogP contribution in [-0.4, -0.2) is 7.85 Å². The van der Waals surface area contributed by atoms with E-state index in [9.17, 15) is 4.39 Å². The maximum Gasteiger partial charge on any atom is 0.123 e. The highest BCUT2D eigenvalue weighted by Crippen LogP contribution is 2.02. The number of halogens is 1.